The molecule has 0 aliphatic carbocycles. The van der Waals surface area contributed by atoms with Crippen LogP contribution in [0.5, 0.6) is 28.7 Å². The Morgan fingerprint density at radius 2 is 1.48 bits per heavy atom. The fourth-order valence-corrected chi connectivity index (χ4v) is 3.78. The van der Waals surface area contributed by atoms with E-state index in [0.29, 0.717) is 40.9 Å². The van der Waals surface area contributed by atoms with E-state index in [1.807, 2.05) is 37.2 Å². The maximum atomic E-state index is 13.8. The van der Waals surface area contributed by atoms with Crippen molar-refractivity contribution in [1.29, 1.82) is 0 Å². The minimum Gasteiger partial charge on any atom is -0.493 e. The predicted molar refractivity (Wildman–Crippen MR) is 109 cm³/mol. The van der Waals surface area contributed by atoms with Crippen molar-refractivity contribution in [3.8, 4) is 28.7 Å². The van der Waals surface area contributed by atoms with Gasteiger partial charge in [-0.05, 0) is 37.9 Å². The molecule has 0 N–H and O–H groups in total. The van der Waals surface area contributed by atoms with E-state index in [2.05, 4.69) is 0 Å². The van der Waals surface area contributed by atoms with Gasteiger partial charge < -0.3 is 28.6 Å². The van der Waals surface area contributed by atoms with Crippen LogP contribution in [0.2, 0.25) is 0 Å². The summed E-state index contributed by atoms with van der Waals surface area (Å²) in [4.78, 5) is 15.8. The van der Waals surface area contributed by atoms with Crippen LogP contribution in [-0.2, 0) is 5.41 Å². The Kier molecular flexibility index (Phi) is 5.88. The van der Waals surface area contributed by atoms with E-state index in [1.54, 1.807) is 40.6 Å². The van der Waals surface area contributed by atoms with E-state index in [1.165, 1.54) is 0 Å². The first-order chi connectivity index (χ1) is 13.9. The Bertz CT molecular complexity index is 910. The molecule has 2 aromatic carbocycles. The second kappa shape index (κ2) is 8.21. The zero-order chi connectivity index (χ0) is 21.2. The van der Waals surface area contributed by atoms with Crippen molar-refractivity contribution in [2.24, 2.45) is 0 Å². The number of ketones is 1. The van der Waals surface area contributed by atoms with Crippen molar-refractivity contribution in [2.45, 2.75) is 5.41 Å². The quantitative estimate of drug-likeness (QED) is 0.707. The highest BCUT2D eigenvalue weighted by Gasteiger charge is 2.47. The number of nitrogens with zero attached hydrogens (tertiary/aromatic N) is 1. The number of fused-ring (bicyclic) bond motifs is 1. The van der Waals surface area contributed by atoms with Crippen LogP contribution in [0, 0.1) is 0 Å². The van der Waals surface area contributed by atoms with Gasteiger partial charge in [-0.1, -0.05) is 6.07 Å². The third kappa shape index (κ3) is 3.58. The lowest BCUT2D eigenvalue weighted by molar-refractivity contribution is 0.0715. The number of ether oxygens (including phenoxy) is 5. The van der Waals surface area contributed by atoms with E-state index >= 15 is 0 Å². The molecule has 0 aromatic heterocycles. The van der Waals surface area contributed by atoms with Gasteiger partial charge in [0.1, 0.15) is 17.8 Å². The van der Waals surface area contributed by atoms with Crippen molar-refractivity contribution in [2.75, 3.05) is 55.7 Å². The lowest BCUT2D eigenvalue weighted by Crippen LogP contribution is -2.51. The number of carbonyl (C=O) groups is 1. The molecule has 7 nitrogen and oxygen atoms in total. The van der Waals surface area contributed by atoms with Gasteiger partial charge in [0, 0.05) is 12.6 Å². The lowest BCUT2D eigenvalue weighted by Gasteiger charge is -2.39. The van der Waals surface area contributed by atoms with Crippen LogP contribution in [0.3, 0.4) is 0 Å². The van der Waals surface area contributed by atoms with E-state index in [4.69, 9.17) is 23.7 Å². The molecule has 2 aromatic rings. The molecule has 0 spiro atoms. The highest BCUT2D eigenvalue weighted by Crippen LogP contribution is 2.44. The molecule has 0 amide bonds. The van der Waals surface area contributed by atoms with E-state index in [9.17, 15) is 4.79 Å². The maximum absolute atomic E-state index is 13.8. The zero-order valence-electron chi connectivity index (χ0n) is 17.7. The summed E-state index contributed by atoms with van der Waals surface area (Å²) < 4.78 is 27.6. The summed E-state index contributed by atoms with van der Waals surface area (Å²) in [5.74, 6) is 2.62. The number of carbonyl (C=O) groups excluding carboxylic acids is 1. The molecule has 0 fully saturated rings. The second-order valence-electron chi connectivity index (χ2n) is 7.21. The molecular formula is C22H27NO6. The van der Waals surface area contributed by atoms with Crippen LogP contribution in [0.15, 0.2) is 30.3 Å². The molecule has 0 saturated heterocycles. The molecule has 1 heterocycles. The van der Waals surface area contributed by atoms with E-state index in [0.717, 1.165) is 5.56 Å². The number of methoxy groups -OCH3 is 4. The van der Waals surface area contributed by atoms with Gasteiger partial charge in [-0.3, -0.25) is 4.79 Å². The molecule has 0 bridgehead atoms. The third-order valence-electron chi connectivity index (χ3n) is 5.16. The summed E-state index contributed by atoms with van der Waals surface area (Å²) in [5.41, 5.74) is 0.357. The van der Waals surface area contributed by atoms with Gasteiger partial charge in [0.15, 0.2) is 28.8 Å². The molecule has 0 radical (unpaired) electrons. The first-order valence-corrected chi connectivity index (χ1v) is 9.21. The standard InChI is InChI=1S/C22H27NO6/c1-23(2)12-22(14-7-8-16(25-3)18(9-14)26-4)13-29-17-11-20(28-6)19(27-5)10-15(17)21(22)24/h7-11H,12-13H2,1-6H3/t22-/m0/s1. The van der Waals surface area contributed by atoms with Crippen molar-refractivity contribution < 1.29 is 28.5 Å². The highest BCUT2D eigenvalue weighted by atomic mass is 16.5. The number of rotatable bonds is 7. The Balaban J connectivity index is 2.17. The largest absolute Gasteiger partial charge is 0.493 e. The zero-order valence-corrected chi connectivity index (χ0v) is 17.7. The maximum Gasteiger partial charge on any atom is 0.181 e. The van der Waals surface area contributed by atoms with Gasteiger partial charge >= 0.3 is 0 Å². The van der Waals surface area contributed by atoms with Gasteiger partial charge in [-0.15, -0.1) is 0 Å². The molecular weight excluding hydrogens is 374 g/mol. The molecule has 156 valence electrons. The first kappa shape index (κ1) is 20.8. The molecule has 29 heavy (non-hydrogen) atoms. The van der Waals surface area contributed by atoms with Gasteiger partial charge in [0.05, 0.1) is 34.0 Å². The Labute approximate surface area is 171 Å². The Hall–Kier alpha value is -2.93. The molecule has 1 aliphatic rings. The summed E-state index contributed by atoms with van der Waals surface area (Å²) >= 11 is 0. The predicted octanol–water partition coefficient (Wildman–Crippen LogP) is 2.80. The van der Waals surface area contributed by atoms with Crippen molar-refractivity contribution in [3.05, 3.63) is 41.5 Å². The summed E-state index contributed by atoms with van der Waals surface area (Å²) in [7, 11) is 10.1. The molecule has 1 atom stereocenters. The Morgan fingerprint density at radius 3 is 2.07 bits per heavy atom. The topological polar surface area (TPSA) is 66.5 Å². The molecule has 1 aliphatic heterocycles. The smallest absolute Gasteiger partial charge is 0.181 e. The van der Waals surface area contributed by atoms with E-state index in [-0.39, 0.29) is 12.4 Å². The summed E-state index contributed by atoms with van der Waals surface area (Å²) in [6, 6.07) is 8.91. The van der Waals surface area contributed by atoms with Crippen LogP contribution in [-0.4, -0.2) is 66.4 Å². The molecule has 7 heteroatoms. The summed E-state index contributed by atoms with van der Waals surface area (Å²) in [6.07, 6.45) is 0. The summed E-state index contributed by atoms with van der Waals surface area (Å²) in [6.45, 7) is 0.664. The molecule has 0 saturated carbocycles. The van der Waals surface area contributed by atoms with Gasteiger partial charge in [-0.25, -0.2) is 0 Å². The van der Waals surface area contributed by atoms with Crippen LogP contribution in [0.25, 0.3) is 0 Å². The fourth-order valence-electron chi connectivity index (χ4n) is 3.78. The van der Waals surface area contributed by atoms with Gasteiger partial charge in [0.2, 0.25) is 0 Å². The first-order valence-electron chi connectivity index (χ1n) is 9.21. The monoisotopic (exact) mass is 401 g/mol. The number of likely N-dealkylation sites (N-methyl/N-ethyl adjacent to an activating group) is 1. The minimum atomic E-state index is -0.907. The highest BCUT2D eigenvalue weighted by molar-refractivity contribution is 6.08. The molecule has 0 unspecified atom stereocenters. The third-order valence-corrected chi connectivity index (χ3v) is 5.16. The number of benzene rings is 2. The van der Waals surface area contributed by atoms with E-state index < -0.39 is 5.41 Å². The number of hydrogen-bond donors (Lipinski definition) is 0. The number of Topliss-reactive ketones (excluding diaryl/α,β-unsaturated/α-hetero) is 1. The van der Waals surface area contributed by atoms with Crippen LogP contribution in [0.4, 0.5) is 0 Å². The normalized spacial score (nSPS) is 18.1. The fraction of sp³-hybridized carbons (Fsp3) is 0.409. The average molecular weight is 401 g/mol. The van der Waals surface area contributed by atoms with Crippen molar-refractivity contribution in [1.82, 2.24) is 4.90 Å². The SMILES string of the molecule is COc1ccc([C@]2(CN(C)C)COc3cc(OC)c(OC)cc3C2=O)cc1OC. The van der Waals surface area contributed by atoms with Crippen molar-refractivity contribution in [3.63, 3.8) is 0 Å². The summed E-state index contributed by atoms with van der Waals surface area (Å²) in [5, 5.41) is 0. The Morgan fingerprint density at radius 1 is 0.897 bits per heavy atom. The lowest BCUT2D eigenvalue weighted by atomic mass is 9.73. The van der Waals surface area contributed by atoms with Gasteiger partial charge in [-0.2, -0.15) is 0 Å². The number of hydrogen-bond acceptors (Lipinski definition) is 7. The minimum absolute atomic E-state index is 0.0411. The van der Waals surface area contributed by atoms with Crippen molar-refractivity contribution >= 4 is 5.78 Å². The molecule has 3 rings (SSSR count). The van der Waals surface area contributed by atoms with Gasteiger partial charge in [0.25, 0.3) is 0 Å². The van der Waals surface area contributed by atoms with Crippen LogP contribution >= 0.6 is 0 Å². The van der Waals surface area contributed by atoms with Crippen LogP contribution in [0.1, 0.15) is 15.9 Å². The second-order valence-corrected chi connectivity index (χ2v) is 7.21. The van der Waals surface area contributed by atoms with Crippen LogP contribution < -0.4 is 23.7 Å². The average Bonchev–Trinajstić information content (AvgIpc) is 2.74.